The number of imidazole rings is 1. The van der Waals surface area contributed by atoms with Gasteiger partial charge >= 0.3 is 0 Å². The van der Waals surface area contributed by atoms with Crippen LogP contribution in [0.25, 0.3) is 0 Å². The number of guanidine groups is 1. The number of hydrogen-bond donors (Lipinski definition) is 2. The highest BCUT2D eigenvalue weighted by Gasteiger charge is 2.03. The molecule has 0 unspecified atom stereocenters. The van der Waals surface area contributed by atoms with Gasteiger partial charge in [-0.15, -0.1) is 24.0 Å². The first-order valence-corrected chi connectivity index (χ1v) is 10.00. The SMILES string of the molecule is CN=C(NCc1ccc(Cn2ccnc2)cc1)Nc1cccc(OCCCOC)c1.I. The first kappa shape index (κ1) is 24.7. The molecular formula is C23H30IN5O2. The maximum Gasteiger partial charge on any atom is 0.195 e. The van der Waals surface area contributed by atoms with Crippen LogP contribution >= 0.6 is 24.0 Å². The third-order valence-electron chi connectivity index (χ3n) is 4.49. The fourth-order valence-electron chi connectivity index (χ4n) is 2.91. The summed E-state index contributed by atoms with van der Waals surface area (Å²) < 4.78 is 12.8. The van der Waals surface area contributed by atoms with Crippen molar-refractivity contribution in [3.8, 4) is 5.75 Å². The van der Waals surface area contributed by atoms with Gasteiger partial charge in [-0.2, -0.15) is 0 Å². The summed E-state index contributed by atoms with van der Waals surface area (Å²) in [5.74, 6) is 1.52. The maximum absolute atomic E-state index is 5.76. The molecule has 0 aliphatic carbocycles. The minimum atomic E-state index is 0. The van der Waals surface area contributed by atoms with Gasteiger partial charge < -0.3 is 24.7 Å². The quantitative estimate of drug-likeness (QED) is 0.177. The molecule has 0 radical (unpaired) electrons. The molecule has 0 atom stereocenters. The summed E-state index contributed by atoms with van der Waals surface area (Å²) in [6.45, 7) is 2.82. The lowest BCUT2D eigenvalue weighted by atomic mass is 10.1. The molecule has 0 saturated carbocycles. The van der Waals surface area contributed by atoms with E-state index in [0.29, 0.717) is 25.7 Å². The predicted molar refractivity (Wildman–Crippen MR) is 135 cm³/mol. The minimum Gasteiger partial charge on any atom is -0.493 e. The second kappa shape index (κ2) is 13.7. The van der Waals surface area contributed by atoms with E-state index in [1.807, 2.05) is 36.8 Å². The molecule has 2 N–H and O–H groups in total. The molecule has 0 aliphatic rings. The summed E-state index contributed by atoms with van der Waals surface area (Å²) in [5.41, 5.74) is 3.34. The van der Waals surface area contributed by atoms with Crippen LogP contribution in [0.2, 0.25) is 0 Å². The fraction of sp³-hybridized carbons (Fsp3) is 0.304. The normalized spacial score (nSPS) is 11.0. The third-order valence-corrected chi connectivity index (χ3v) is 4.49. The Bertz CT molecular complexity index is 914. The number of hydrogen-bond acceptors (Lipinski definition) is 4. The number of aliphatic imine (C=N–C) groups is 1. The van der Waals surface area contributed by atoms with Crippen LogP contribution in [0.3, 0.4) is 0 Å². The highest BCUT2D eigenvalue weighted by Crippen LogP contribution is 2.17. The van der Waals surface area contributed by atoms with E-state index < -0.39 is 0 Å². The molecule has 3 aromatic rings. The number of nitrogens with zero attached hydrogens (tertiary/aromatic N) is 3. The van der Waals surface area contributed by atoms with Crippen molar-refractivity contribution < 1.29 is 9.47 Å². The molecule has 2 aromatic carbocycles. The van der Waals surface area contributed by atoms with E-state index in [-0.39, 0.29) is 24.0 Å². The molecule has 166 valence electrons. The lowest BCUT2D eigenvalue weighted by molar-refractivity contribution is 0.172. The van der Waals surface area contributed by atoms with Crippen LogP contribution in [-0.2, 0) is 17.8 Å². The van der Waals surface area contributed by atoms with Crippen molar-refractivity contribution in [3.05, 3.63) is 78.4 Å². The van der Waals surface area contributed by atoms with Crippen LogP contribution in [0.15, 0.2) is 72.2 Å². The van der Waals surface area contributed by atoms with Crippen molar-refractivity contribution in [1.82, 2.24) is 14.9 Å². The molecular weight excluding hydrogens is 505 g/mol. The molecule has 1 heterocycles. The fourth-order valence-corrected chi connectivity index (χ4v) is 2.91. The standard InChI is InChI=1S/C23H29N5O2.HI/c1-24-23(27-21-5-3-6-22(15-21)30-14-4-13-29-2)26-16-19-7-9-20(10-8-19)17-28-12-11-25-18-28;/h3,5-12,15,18H,4,13-14,16-17H2,1-2H3,(H2,24,26,27);1H. The lowest BCUT2D eigenvalue weighted by Crippen LogP contribution is -2.30. The minimum absolute atomic E-state index is 0. The first-order chi connectivity index (χ1) is 14.8. The van der Waals surface area contributed by atoms with Gasteiger partial charge in [0, 0.05) is 64.4 Å². The van der Waals surface area contributed by atoms with Gasteiger partial charge in [-0.1, -0.05) is 30.3 Å². The Morgan fingerprint density at radius 2 is 1.90 bits per heavy atom. The zero-order valence-electron chi connectivity index (χ0n) is 18.0. The number of ether oxygens (including phenoxy) is 2. The Morgan fingerprint density at radius 1 is 1.10 bits per heavy atom. The van der Waals surface area contributed by atoms with Gasteiger partial charge in [0.15, 0.2) is 5.96 Å². The Balaban J connectivity index is 0.00000341. The molecule has 0 spiro atoms. The van der Waals surface area contributed by atoms with E-state index in [1.54, 1.807) is 20.4 Å². The number of benzene rings is 2. The van der Waals surface area contributed by atoms with Gasteiger partial charge in [-0.05, 0) is 23.3 Å². The predicted octanol–water partition coefficient (Wildman–Crippen LogP) is 4.15. The van der Waals surface area contributed by atoms with Crippen LogP contribution in [0.5, 0.6) is 5.75 Å². The highest BCUT2D eigenvalue weighted by molar-refractivity contribution is 14.0. The van der Waals surface area contributed by atoms with Crippen LogP contribution in [0, 0.1) is 0 Å². The maximum atomic E-state index is 5.76. The molecule has 3 rings (SSSR count). The van der Waals surface area contributed by atoms with Crippen molar-refractivity contribution in [2.75, 3.05) is 32.7 Å². The second-order valence-electron chi connectivity index (χ2n) is 6.82. The summed E-state index contributed by atoms with van der Waals surface area (Å²) in [6.07, 6.45) is 6.44. The lowest BCUT2D eigenvalue weighted by Gasteiger charge is -2.13. The molecule has 0 aliphatic heterocycles. The Hall–Kier alpha value is -2.59. The number of methoxy groups -OCH3 is 1. The average Bonchev–Trinajstić information content (AvgIpc) is 3.28. The number of anilines is 1. The Labute approximate surface area is 200 Å². The largest absolute Gasteiger partial charge is 0.493 e. The number of aromatic nitrogens is 2. The molecule has 7 nitrogen and oxygen atoms in total. The van der Waals surface area contributed by atoms with E-state index in [2.05, 4.69) is 49.4 Å². The Morgan fingerprint density at radius 3 is 2.61 bits per heavy atom. The van der Waals surface area contributed by atoms with Gasteiger partial charge in [0.25, 0.3) is 0 Å². The Kier molecular flexibility index (Phi) is 10.9. The van der Waals surface area contributed by atoms with Crippen LogP contribution in [0.4, 0.5) is 5.69 Å². The van der Waals surface area contributed by atoms with E-state index in [0.717, 1.165) is 24.4 Å². The van der Waals surface area contributed by atoms with Gasteiger partial charge in [0.05, 0.1) is 12.9 Å². The van der Waals surface area contributed by atoms with Crippen molar-refractivity contribution in [2.24, 2.45) is 4.99 Å². The van der Waals surface area contributed by atoms with Crippen molar-refractivity contribution in [1.29, 1.82) is 0 Å². The molecule has 1 aromatic heterocycles. The van der Waals surface area contributed by atoms with Crippen LogP contribution in [0.1, 0.15) is 17.5 Å². The molecule has 0 bridgehead atoms. The summed E-state index contributed by atoms with van der Waals surface area (Å²) >= 11 is 0. The van der Waals surface area contributed by atoms with E-state index >= 15 is 0 Å². The molecule has 8 heteroatoms. The summed E-state index contributed by atoms with van der Waals surface area (Å²) in [4.78, 5) is 8.38. The van der Waals surface area contributed by atoms with Crippen molar-refractivity contribution in [3.63, 3.8) is 0 Å². The highest BCUT2D eigenvalue weighted by atomic mass is 127. The number of rotatable bonds is 10. The molecule has 0 saturated heterocycles. The zero-order chi connectivity index (χ0) is 21.0. The van der Waals surface area contributed by atoms with E-state index in [9.17, 15) is 0 Å². The smallest absolute Gasteiger partial charge is 0.195 e. The average molecular weight is 535 g/mol. The number of halogens is 1. The topological polar surface area (TPSA) is 72.7 Å². The third kappa shape index (κ3) is 8.58. The zero-order valence-corrected chi connectivity index (χ0v) is 20.3. The molecule has 0 fully saturated rings. The van der Waals surface area contributed by atoms with E-state index in [1.165, 1.54) is 11.1 Å². The van der Waals surface area contributed by atoms with Gasteiger partial charge in [-0.25, -0.2) is 4.98 Å². The van der Waals surface area contributed by atoms with Crippen LogP contribution in [-0.4, -0.2) is 42.9 Å². The summed E-state index contributed by atoms with van der Waals surface area (Å²) in [7, 11) is 3.45. The molecule has 0 amide bonds. The van der Waals surface area contributed by atoms with Gasteiger partial charge in [0.2, 0.25) is 0 Å². The van der Waals surface area contributed by atoms with E-state index in [4.69, 9.17) is 9.47 Å². The summed E-state index contributed by atoms with van der Waals surface area (Å²) in [5, 5.41) is 6.65. The van der Waals surface area contributed by atoms with Gasteiger partial charge in [-0.3, -0.25) is 4.99 Å². The van der Waals surface area contributed by atoms with Gasteiger partial charge in [0.1, 0.15) is 5.75 Å². The van der Waals surface area contributed by atoms with Crippen LogP contribution < -0.4 is 15.4 Å². The number of nitrogens with one attached hydrogen (secondary N) is 2. The van der Waals surface area contributed by atoms with Crippen molar-refractivity contribution >= 4 is 35.6 Å². The van der Waals surface area contributed by atoms with Crippen molar-refractivity contribution in [2.45, 2.75) is 19.5 Å². The first-order valence-electron chi connectivity index (χ1n) is 10.00. The molecule has 31 heavy (non-hydrogen) atoms. The summed E-state index contributed by atoms with van der Waals surface area (Å²) in [6, 6.07) is 16.4. The monoisotopic (exact) mass is 535 g/mol. The second-order valence-corrected chi connectivity index (χ2v) is 6.82.